The van der Waals surface area contributed by atoms with Gasteiger partial charge in [-0.2, -0.15) is 0 Å². The minimum Gasteiger partial charge on any atom is -0.522 e. The summed E-state index contributed by atoms with van der Waals surface area (Å²) < 4.78 is 5.40. The van der Waals surface area contributed by atoms with Crippen LogP contribution in [0.1, 0.15) is 5.56 Å². The molecule has 2 rings (SSSR count). The third kappa shape index (κ3) is 1.83. The van der Waals surface area contributed by atoms with Crippen molar-refractivity contribution in [1.82, 2.24) is 0 Å². The Kier molecular flexibility index (Phi) is 3.09. The molecule has 0 saturated heterocycles. The summed E-state index contributed by atoms with van der Waals surface area (Å²) in [5.41, 5.74) is 1.28. The molecule has 11 heavy (non-hydrogen) atoms. The second-order valence-corrected chi connectivity index (χ2v) is 2.55. The topological polar surface area (TPSA) is 9.23 Å². The van der Waals surface area contributed by atoms with Crippen molar-refractivity contribution >= 4 is 0 Å². The number of rotatable bonds is 0. The molecule has 55 valence electrons. The van der Waals surface area contributed by atoms with Crippen LogP contribution in [0.2, 0.25) is 0 Å². The molecule has 0 bridgehead atoms. The second-order valence-electron chi connectivity index (χ2n) is 2.55. The van der Waals surface area contributed by atoms with Crippen molar-refractivity contribution in [3.05, 3.63) is 36.8 Å². The smallest absolute Gasteiger partial charge is 0.118 e. The molecule has 1 atom stereocenters. The number of benzene rings is 1. The Morgan fingerprint density at radius 2 is 2.09 bits per heavy atom. The van der Waals surface area contributed by atoms with Crippen LogP contribution in [0.25, 0.3) is 0 Å². The zero-order valence-corrected chi connectivity index (χ0v) is 9.12. The molecule has 1 aliphatic heterocycles. The van der Waals surface area contributed by atoms with Crippen molar-refractivity contribution in [2.45, 2.75) is 12.5 Å². The van der Waals surface area contributed by atoms with E-state index in [2.05, 4.69) is 13.0 Å². The first-order valence-corrected chi connectivity index (χ1v) is 3.44. The van der Waals surface area contributed by atoms with E-state index in [0.29, 0.717) is 0 Å². The molecule has 1 aliphatic rings. The molecule has 1 radical (unpaired) electrons. The van der Waals surface area contributed by atoms with Gasteiger partial charge in [-0.15, -0.1) is 0 Å². The summed E-state index contributed by atoms with van der Waals surface area (Å²) in [6.07, 6.45) is 1.08. The van der Waals surface area contributed by atoms with Crippen LogP contribution in [0.5, 0.6) is 5.75 Å². The molecule has 2 heteroatoms. The monoisotopic (exact) mass is 222 g/mol. The van der Waals surface area contributed by atoms with Gasteiger partial charge < -0.3 is 11.7 Å². The van der Waals surface area contributed by atoms with Gasteiger partial charge in [-0.3, -0.25) is 0 Å². The fourth-order valence-corrected chi connectivity index (χ4v) is 1.25. The Labute approximate surface area is 92.0 Å². The average Bonchev–Trinajstić information content (AvgIpc) is 2.27. The zero-order chi connectivity index (χ0) is 6.97. The van der Waals surface area contributed by atoms with Gasteiger partial charge in [0.25, 0.3) is 0 Å². The largest absolute Gasteiger partial charge is 0.522 e. The fraction of sp³-hybridized carbons (Fsp3) is 0.222. The van der Waals surface area contributed by atoms with Crippen LogP contribution in [-0.2, 0) is 39.1 Å². The third-order valence-electron chi connectivity index (χ3n) is 1.71. The van der Waals surface area contributed by atoms with Crippen LogP contribution in [-0.4, -0.2) is 6.10 Å². The first kappa shape index (κ1) is 9.21. The van der Waals surface area contributed by atoms with E-state index >= 15 is 0 Å². The fourth-order valence-electron chi connectivity index (χ4n) is 1.25. The van der Waals surface area contributed by atoms with Gasteiger partial charge in [0.15, 0.2) is 0 Å². The van der Waals surface area contributed by atoms with Crippen molar-refractivity contribution in [1.29, 1.82) is 0 Å². The third-order valence-corrected chi connectivity index (χ3v) is 1.71. The van der Waals surface area contributed by atoms with Gasteiger partial charge in [-0.05, 0) is 24.2 Å². The van der Waals surface area contributed by atoms with Crippen LogP contribution in [0, 0.1) is 6.92 Å². The first-order chi connectivity index (χ1) is 4.86. The molecule has 0 N–H and O–H groups in total. The molecule has 0 aliphatic carbocycles. The molecule has 0 saturated carbocycles. The Morgan fingerprint density at radius 3 is 2.82 bits per heavy atom. The van der Waals surface area contributed by atoms with Crippen LogP contribution in [0.4, 0.5) is 0 Å². The standard InChI is InChI=1S/C9H9O.Y/c1-7-6-8-4-2-3-5-9(8)10-7;/h2-5,7H,1,6H2;/q-1;. The molecule has 0 fully saturated rings. The van der Waals surface area contributed by atoms with Gasteiger partial charge in [0.2, 0.25) is 0 Å². The van der Waals surface area contributed by atoms with Gasteiger partial charge in [0, 0.05) is 32.7 Å². The summed E-state index contributed by atoms with van der Waals surface area (Å²) in [4.78, 5) is 0. The number of hydrogen-bond donors (Lipinski definition) is 0. The van der Waals surface area contributed by atoms with E-state index in [1.807, 2.05) is 18.2 Å². The van der Waals surface area contributed by atoms with E-state index in [0.717, 1.165) is 12.2 Å². The van der Waals surface area contributed by atoms with Crippen molar-refractivity contribution < 1.29 is 37.4 Å². The average molecular weight is 222 g/mol. The van der Waals surface area contributed by atoms with Crippen molar-refractivity contribution in [2.24, 2.45) is 0 Å². The Morgan fingerprint density at radius 1 is 1.36 bits per heavy atom. The second kappa shape index (κ2) is 3.68. The summed E-state index contributed by atoms with van der Waals surface area (Å²) in [5, 5.41) is 0. The maximum atomic E-state index is 5.40. The van der Waals surface area contributed by atoms with Gasteiger partial charge in [-0.1, -0.05) is 18.2 Å². The molecule has 1 nitrogen and oxygen atoms in total. The predicted molar refractivity (Wildman–Crippen MR) is 39.9 cm³/mol. The van der Waals surface area contributed by atoms with E-state index in [9.17, 15) is 0 Å². The summed E-state index contributed by atoms with van der Waals surface area (Å²) in [6.45, 7) is 3.83. The molecule has 1 aromatic rings. The van der Waals surface area contributed by atoms with Gasteiger partial charge in [-0.25, -0.2) is 0 Å². The molecule has 0 aromatic heterocycles. The van der Waals surface area contributed by atoms with Crippen LogP contribution >= 0.6 is 0 Å². The minimum absolute atomic E-state index is 0. The van der Waals surface area contributed by atoms with Crippen LogP contribution in [0.3, 0.4) is 0 Å². The Hall–Kier alpha value is 0.124. The molecule has 0 spiro atoms. The maximum absolute atomic E-state index is 5.40. The van der Waals surface area contributed by atoms with E-state index in [1.165, 1.54) is 5.56 Å². The van der Waals surface area contributed by atoms with Crippen LogP contribution in [0.15, 0.2) is 24.3 Å². The predicted octanol–water partition coefficient (Wildman–Crippen LogP) is 1.82. The molecule has 1 unspecified atom stereocenters. The zero-order valence-electron chi connectivity index (χ0n) is 6.29. The van der Waals surface area contributed by atoms with E-state index < -0.39 is 0 Å². The summed E-state index contributed by atoms with van der Waals surface area (Å²) in [7, 11) is 0. The normalized spacial score (nSPS) is 19.9. The van der Waals surface area contributed by atoms with Gasteiger partial charge in [0.05, 0.1) is 0 Å². The van der Waals surface area contributed by atoms with Crippen molar-refractivity contribution in [3.8, 4) is 5.75 Å². The molecular weight excluding hydrogens is 213 g/mol. The maximum Gasteiger partial charge on any atom is 0.118 e. The summed E-state index contributed by atoms with van der Waals surface area (Å²) >= 11 is 0. The number of fused-ring (bicyclic) bond motifs is 1. The number of hydrogen-bond acceptors (Lipinski definition) is 1. The van der Waals surface area contributed by atoms with Crippen molar-refractivity contribution in [3.63, 3.8) is 0 Å². The SMILES string of the molecule is [CH2-]C1Cc2ccccc2O1.[Y]. The van der Waals surface area contributed by atoms with Crippen molar-refractivity contribution in [2.75, 3.05) is 0 Å². The molecule has 1 heterocycles. The summed E-state index contributed by atoms with van der Waals surface area (Å²) in [5.74, 6) is 1.00. The van der Waals surface area contributed by atoms with E-state index in [-0.39, 0.29) is 38.8 Å². The van der Waals surface area contributed by atoms with Crippen LogP contribution < -0.4 is 4.74 Å². The molecule has 1 aromatic carbocycles. The Bertz CT molecular complexity index is 222. The first-order valence-electron chi connectivity index (χ1n) is 3.44. The van der Waals surface area contributed by atoms with Gasteiger partial charge >= 0.3 is 0 Å². The molecule has 0 amide bonds. The van der Waals surface area contributed by atoms with Gasteiger partial charge in [0.1, 0.15) is 5.75 Å². The Balaban J connectivity index is 0.000000605. The van der Waals surface area contributed by atoms with E-state index in [1.54, 1.807) is 0 Å². The number of ether oxygens (including phenoxy) is 1. The van der Waals surface area contributed by atoms with E-state index in [4.69, 9.17) is 4.74 Å². The number of para-hydroxylation sites is 1. The molecular formula is C9H9OY-. The minimum atomic E-state index is 0. The quantitative estimate of drug-likeness (QED) is 0.608. The summed E-state index contributed by atoms with van der Waals surface area (Å²) in [6, 6.07) is 8.08.